The largest absolute Gasteiger partial charge is 0.341 e. The van der Waals surface area contributed by atoms with Crippen molar-refractivity contribution < 1.29 is 0 Å². The monoisotopic (exact) mass is 976 g/mol. The number of benzene rings is 10. The van der Waals surface area contributed by atoms with E-state index < -0.39 is 0 Å². The molecule has 4 heteroatoms. The van der Waals surface area contributed by atoms with Crippen LogP contribution in [0.25, 0.3) is 54.6 Å². The highest BCUT2D eigenvalue weighted by molar-refractivity contribution is 6.18. The van der Waals surface area contributed by atoms with Gasteiger partial charge in [-0.3, -0.25) is 0 Å². The Morgan fingerprint density at radius 2 is 0.842 bits per heavy atom. The Morgan fingerprint density at radius 3 is 1.43 bits per heavy atom. The molecule has 4 nitrogen and oxygen atoms in total. The van der Waals surface area contributed by atoms with Crippen molar-refractivity contribution in [2.24, 2.45) is 17.8 Å². The molecular weight excluding hydrogens is 921 g/mol. The number of fused-ring (bicyclic) bond motifs is 8. The molecule has 0 aromatic heterocycles. The summed E-state index contributed by atoms with van der Waals surface area (Å²) in [4.78, 5) is 9.62. The van der Waals surface area contributed by atoms with E-state index in [4.69, 9.17) is 0 Å². The number of hydrogen-bond donors (Lipinski definition) is 0. The van der Waals surface area contributed by atoms with Crippen molar-refractivity contribution in [1.82, 2.24) is 0 Å². The van der Waals surface area contributed by atoms with Crippen LogP contribution in [-0.2, 0) is 0 Å². The molecular formula is C72H56N4. The average molecular weight is 977 g/mol. The van der Waals surface area contributed by atoms with Gasteiger partial charge in [-0.2, -0.15) is 0 Å². The summed E-state index contributed by atoms with van der Waals surface area (Å²) in [7, 11) is 4.37. The number of rotatable bonds is 6. The summed E-state index contributed by atoms with van der Waals surface area (Å²) in [5, 5.41) is 7.61. The summed E-state index contributed by atoms with van der Waals surface area (Å²) in [5.74, 6) is 1.45. The van der Waals surface area contributed by atoms with Crippen LogP contribution in [0.3, 0.4) is 0 Å². The Hall–Kier alpha value is -9.12. The summed E-state index contributed by atoms with van der Waals surface area (Å²) in [6.45, 7) is 0. The fourth-order valence-electron chi connectivity index (χ4n) is 13.3. The number of allylic oxidation sites excluding steroid dienone is 10. The lowest BCUT2D eigenvalue weighted by Crippen LogP contribution is -2.24. The molecule has 2 aliphatic heterocycles. The Balaban J connectivity index is 0.970. The van der Waals surface area contributed by atoms with Gasteiger partial charge in [-0.25, -0.2) is 0 Å². The maximum absolute atomic E-state index is 2.56. The van der Waals surface area contributed by atoms with Crippen molar-refractivity contribution in [3.05, 3.63) is 266 Å². The molecule has 0 saturated heterocycles. The number of nitrogens with zero attached hydrogens (tertiary/aromatic N) is 4. The van der Waals surface area contributed by atoms with Crippen LogP contribution in [0.5, 0.6) is 0 Å². The Bertz CT molecular complexity index is 4060. The topological polar surface area (TPSA) is 13.0 Å². The molecule has 364 valence electrons. The molecule has 0 saturated carbocycles. The van der Waals surface area contributed by atoms with Crippen LogP contribution < -0.4 is 19.6 Å². The molecule has 0 spiro atoms. The lowest BCUT2D eigenvalue weighted by atomic mass is 9.74. The fourth-order valence-corrected chi connectivity index (χ4v) is 13.3. The third-order valence-corrected chi connectivity index (χ3v) is 17.1. The van der Waals surface area contributed by atoms with Gasteiger partial charge < -0.3 is 19.6 Å². The van der Waals surface area contributed by atoms with Crippen LogP contribution in [0.4, 0.5) is 56.9 Å². The molecule has 4 unspecified atom stereocenters. The van der Waals surface area contributed by atoms with Crippen molar-refractivity contribution in [1.29, 1.82) is 0 Å². The van der Waals surface area contributed by atoms with Crippen LogP contribution in [0.2, 0.25) is 0 Å². The van der Waals surface area contributed by atoms with Crippen molar-refractivity contribution in [2.75, 3.05) is 33.7 Å². The molecule has 0 fully saturated rings. The summed E-state index contributed by atoms with van der Waals surface area (Å²) in [5.41, 5.74) is 19.4. The second kappa shape index (κ2) is 17.8. The number of hydrogen-bond acceptors (Lipinski definition) is 4. The zero-order valence-corrected chi connectivity index (χ0v) is 42.8. The second-order valence-electron chi connectivity index (χ2n) is 21.3. The van der Waals surface area contributed by atoms with E-state index in [1.54, 1.807) is 0 Å². The van der Waals surface area contributed by atoms with Crippen molar-refractivity contribution in [2.45, 2.75) is 18.8 Å². The van der Waals surface area contributed by atoms with E-state index >= 15 is 0 Å². The summed E-state index contributed by atoms with van der Waals surface area (Å²) in [6.07, 6.45) is 23.7. The number of anilines is 10. The summed E-state index contributed by atoms with van der Waals surface area (Å²) in [6, 6.07) is 74.9. The Kier molecular flexibility index (Phi) is 10.4. The van der Waals surface area contributed by atoms with Crippen molar-refractivity contribution in [3.63, 3.8) is 0 Å². The standard InChI is InChI=1S/C72H56N4/c1-73-63-19-7-11-23-67(63)75(68-24-12-8-20-64(68)73)57-39-41-59-61(45-57)71(51-33-27-49(28-34-51)55-37-31-47-15-3-5-17-53(47)43-55)60-42-40-58(76-69-25-13-9-21-65(69)74(2)66-22-10-14-26-70(66)76)46-62(60)72(59)52-35-29-50(30-36-52)56-38-32-48-16-4-6-18-54(48)44-56/h3-29,31-35,37-46,48,50,52,54H,30,36H2,1-2H3. The van der Waals surface area contributed by atoms with Crippen molar-refractivity contribution in [3.8, 4) is 22.3 Å². The molecule has 15 rings (SSSR count). The molecule has 2 heterocycles. The summed E-state index contributed by atoms with van der Waals surface area (Å²) >= 11 is 0. The molecule has 3 aliphatic carbocycles. The van der Waals surface area contributed by atoms with Gasteiger partial charge in [-0.15, -0.1) is 0 Å². The first-order chi connectivity index (χ1) is 37.5. The van der Waals surface area contributed by atoms with E-state index in [1.807, 2.05) is 0 Å². The summed E-state index contributed by atoms with van der Waals surface area (Å²) < 4.78 is 0. The van der Waals surface area contributed by atoms with Gasteiger partial charge in [0.05, 0.1) is 45.5 Å². The van der Waals surface area contributed by atoms with E-state index in [0.717, 1.165) is 24.2 Å². The van der Waals surface area contributed by atoms with Crippen LogP contribution in [0.15, 0.2) is 260 Å². The normalized spacial score (nSPS) is 19.1. The lowest BCUT2D eigenvalue weighted by Gasteiger charge is -2.39. The molecule has 76 heavy (non-hydrogen) atoms. The maximum Gasteiger partial charge on any atom is 0.0699 e. The van der Waals surface area contributed by atoms with Crippen LogP contribution >= 0.6 is 0 Å². The first-order valence-corrected chi connectivity index (χ1v) is 27.0. The van der Waals surface area contributed by atoms with Gasteiger partial charge >= 0.3 is 0 Å². The van der Waals surface area contributed by atoms with Gasteiger partial charge in [-0.05, 0) is 157 Å². The molecule has 0 radical (unpaired) electrons. The van der Waals surface area contributed by atoms with Gasteiger partial charge in [0.25, 0.3) is 0 Å². The first-order valence-electron chi connectivity index (χ1n) is 27.0. The van der Waals surface area contributed by atoms with E-state index in [-0.39, 0.29) is 5.92 Å². The molecule has 10 aromatic carbocycles. The molecule has 4 atom stereocenters. The van der Waals surface area contributed by atoms with Crippen molar-refractivity contribution >= 4 is 89.2 Å². The van der Waals surface area contributed by atoms with Crippen LogP contribution in [0.1, 0.15) is 24.3 Å². The third-order valence-electron chi connectivity index (χ3n) is 17.1. The molecule has 0 amide bonds. The zero-order valence-electron chi connectivity index (χ0n) is 42.8. The average Bonchev–Trinajstić information content (AvgIpc) is 3.59. The van der Waals surface area contributed by atoms with E-state index in [0.29, 0.717) is 17.8 Å². The first kappa shape index (κ1) is 44.4. The van der Waals surface area contributed by atoms with E-state index in [1.165, 1.54) is 111 Å². The quantitative estimate of drug-likeness (QED) is 0.122. The second-order valence-corrected chi connectivity index (χ2v) is 21.3. The fraction of sp³-hybridized carbons (Fsp3) is 0.111. The van der Waals surface area contributed by atoms with Gasteiger partial charge in [0.1, 0.15) is 0 Å². The van der Waals surface area contributed by atoms with Gasteiger partial charge in [0.2, 0.25) is 0 Å². The van der Waals surface area contributed by atoms with Gasteiger partial charge in [0.15, 0.2) is 0 Å². The lowest BCUT2D eigenvalue weighted by molar-refractivity contribution is 0.557. The third kappa shape index (κ3) is 7.12. The Morgan fingerprint density at radius 1 is 0.355 bits per heavy atom. The highest BCUT2D eigenvalue weighted by Gasteiger charge is 2.32. The minimum absolute atomic E-state index is 0.197. The highest BCUT2D eigenvalue weighted by Crippen LogP contribution is 2.55. The predicted molar refractivity (Wildman–Crippen MR) is 322 cm³/mol. The minimum Gasteiger partial charge on any atom is -0.341 e. The predicted octanol–water partition coefficient (Wildman–Crippen LogP) is 19.5. The van der Waals surface area contributed by atoms with Gasteiger partial charge in [0, 0.05) is 49.1 Å². The zero-order chi connectivity index (χ0) is 50.4. The molecule has 0 bridgehead atoms. The highest BCUT2D eigenvalue weighted by atomic mass is 15.3. The van der Waals surface area contributed by atoms with Gasteiger partial charge in [-0.1, -0.05) is 176 Å². The number of para-hydroxylation sites is 8. The van der Waals surface area contributed by atoms with E-state index in [2.05, 4.69) is 289 Å². The molecule has 0 N–H and O–H groups in total. The van der Waals surface area contributed by atoms with Crippen LogP contribution in [0, 0.1) is 17.8 Å². The molecule has 5 aliphatic rings. The smallest absolute Gasteiger partial charge is 0.0699 e. The van der Waals surface area contributed by atoms with Crippen LogP contribution in [-0.4, -0.2) is 14.1 Å². The molecule has 10 aromatic rings. The Labute approximate surface area is 445 Å². The minimum atomic E-state index is 0.197. The SMILES string of the molecule is CN1c2ccccc2N(c2ccc3c(C4C=CC(C5=CC6C=CC=CC6C=C5)CC4)c4cc(N5c6ccccc6N(C)c6ccccc65)ccc4c(-c4ccc(-c5ccc6ccccc6c5)cc4)c3c2)c2ccccc21. The van der Waals surface area contributed by atoms with E-state index in [9.17, 15) is 0 Å². The maximum atomic E-state index is 2.56.